The molecule has 1 fully saturated rings. The molecule has 0 heterocycles. The van der Waals surface area contributed by atoms with Crippen LogP contribution in [0.4, 0.5) is 8.78 Å². The fourth-order valence-electron chi connectivity index (χ4n) is 3.70. The van der Waals surface area contributed by atoms with Crippen LogP contribution in [0, 0.1) is 0 Å². The molecule has 0 spiro atoms. The van der Waals surface area contributed by atoms with E-state index in [9.17, 15) is 8.78 Å². The maximum atomic E-state index is 13.4. The van der Waals surface area contributed by atoms with Crippen molar-refractivity contribution in [3.63, 3.8) is 0 Å². The van der Waals surface area contributed by atoms with Gasteiger partial charge in [-0.3, -0.25) is 0 Å². The van der Waals surface area contributed by atoms with Crippen molar-refractivity contribution >= 4 is 21.5 Å². The number of fused-ring (bicyclic) bond motifs is 2. The number of hydrogen-bond donors (Lipinski definition) is 0. The minimum atomic E-state index is -2.46. The van der Waals surface area contributed by atoms with Gasteiger partial charge >= 0.3 is 0 Å². The fraction of sp³-hybridized carbons (Fsp3) is 0.300. The second kappa shape index (κ2) is 5.05. The van der Waals surface area contributed by atoms with Gasteiger partial charge < -0.3 is 0 Å². The van der Waals surface area contributed by atoms with Crippen molar-refractivity contribution in [1.29, 1.82) is 0 Å². The van der Waals surface area contributed by atoms with Gasteiger partial charge in [0.25, 0.3) is 0 Å². The summed E-state index contributed by atoms with van der Waals surface area (Å²) in [6, 6.07) is 19.0. The molecule has 3 aromatic carbocycles. The molecule has 0 N–H and O–H groups in total. The van der Waals surface area contributed by atoms with Crippen LogP contribution in [0.2, 0.25) is 0 Å². The van der Waals surface area contributed by atoms with Crippen LogP contribution in [0.15, 0.2) is 54.6 Å². The summed E-state index contributed by atoms with van der Waals surface area (Å²) in [6.07, 6.45) is 1.20. The SMILES string of the molecule is FC1(F)CCC(c2cccc3cc4ccccc4cc23)CC1. The molecule has 3 aromatic rings. The molecule has 0 aliphatic heterocycles. The summed E-state index contributed by atoms with van der Waals surface area (Å²) in [5.74, 6) is -2.21. The molecule has 1 saturated carbocycles. The maximum absolute atomic E-state index is 13.4. The number of benzene rings is 3. The van der Waals surface area contributed by atoms with Gasteiger partial charge in [0.1, 0.15) is 0 Å². The third-order valence-corrected chi connectivity index (χ3v) is 4.94. The summed E-state index contributed by atoms with van der Waals surface area (Å²) >= 11 is 0. The summed E-state index contributed by atoms with van der Waals surface area (Å²) in [4.78, 5) is 0. The normalized spacial score (nSPS) is 18.8. The van der Waals surface area contributed by atoms with Crippen LogP contribution in [0.25, 0.3) is 21.5 Å². The second-order valence-corrected chi connectivity index (χ2v) is 6.40. The Morgan fingerprint density at radius 2 is 1.41 bits per heavy atom. The Balaban J connectivity index is 1.82. The lowest BCUT2D eigenvalue weighted by Gasteiger charge is -2.29. The lowest BCUT2D eigenvalue weighted by molar-refractivity contribution is -0.0381. The summed E-state index contributed by atoms with van der Waals surface area (Å²) in [5, 5.41) is 4.86. The highest BCUT2D eigenvalue weighted by molar-refractivity contribution is 5.99. The van der Waals surface area contributed by atoms with E-state index in [-0.39, 0.29) is 18.8 Å². The van der Waals surface area contributed by atoms with Gasteiger partial charge in [0, 0.05) is 12.8 Å². The molecule has 112 valence electrons. The van der Waals surface area contributed by atoms with E-state index in [1.165, 1.54) is 27.1 Å². The van der Waals surface area contributed by atoms with Gasteiger partial charge in [0.15, 0.2) is 0 Å². The van der Waals surface area contributed by atoms with E-state index in [0.29, 0.717) is 12.8 Å². The molecule has 0 bridgehead atoms. The standard InChI is InChI=1S/C20H18F2/c21-20(22)10-8-14(9-11-20)18-7-3-6-17-12-15-4-1-2-5-16(15)13-19(17)18/h1-7,12-14H,8-11H2. The van der Waals surface area contributed by atoms with Gasteiger partial charge in [-0.1, -0.05) is 42.5 Å². The van der Waals surface area contributed by atoms with Crippen LogP contribution in [-0.2, 0) is 0 Å². The molecule has 0 radical (unpaired) electrons. The zero-order chi connectivity index (χ0) is 15.2. The van der Waals surface area contributed by atoms with E-state index in [2.05, 4.69) is 42.5 Å². The Morgan fingerprint density at radius 3 is 2.14 bits per heavy atom. The number of rotatable bonds is 1. The molecule has 1 aliphatic carbocycles. The zero-order valence-electron chi connectivity index (χ0n) is 12.4. The van der Waals surface area contributed by atoms with E-state index in [1.54, 1.807) is 0 Å². The molecule has 0 aromatic heterocycles. The van der Waals surface area contributed by atoms with Crippen molar-refractivity contribution in [3.8, 4) is 0 Å². The zero-order valence-corrected chi connectivity index (χ0v) is 12.4. The third kappa shape index (κ3) is 2.37. The topological polar surface area (TPSA) is 0 Å². The molecule has 0 nitrogen and oxygen atoms in total. The van der Waals surface area contributed by atoms with Crippen molar-refractivity contribution in [2.24, 2.45) is 0 Å². The van der Waals surface area contributed by atoms with Crippen LogP contribution in [0.3, 0.4) is 0 Å². The first kappa shape index (κ1) is 13.7. The third-order valence-electron chi connectivity index (χ3n) is 4.94. The smallest absolute Gasteiger partial charge is 0.207 e. The van der Waals surface area contributed by atoms with Gasteiger partial charge in [-0.05, 0) is 58.0 Å². The predicted octanol–water partition coefficient (Wildman–Crippen LogP) is 6.29. The Hall–Kier alpha value is -1.96. The largest absolute Gasteiger partial charge is 0.248 e. The number of alkyl halides is 2. The van der Waals surface area contributed by atoms with Gasteiger partial charge in [-0.25, -0.2) is 8.78 Å². The molecule has 0 atom stereocenters. The molecule has 4 rings (SSSR count). The maximum Gasteiger partial charge on any atom is 0.248 e. The van der Waals surface area contributed by atoms with E-state index in [0.717, 1.165) is 0 Å². The lowest BCUT2D eigenvalue weighted by atomic mass is 9.80. The monoisotopic (exact) mass is 296 g/mol. The quantitative estimate of drug-likeness (QED) is 0.463. The summed E-state index contributed by atoms with van der Waals surface area (Å²) < 4.78 is 26.8. The first-order valence-corrected chi connectivity index (χ1v) is 7.92. The fourth-order valence-corrected chi connectivity index (χ4v) is 3.70. The molecule has 22 heavy (non-hydrogen) atoms. The van der Waals surface area contributed by atoms with Crippen molar-refractivity contribution in [1.82, 2.24) is 0 Å². The Morgan fingerprint density at radius 1 is 0.773 bits per heavy atom. The number of hydrogen-bond acceptors (Lipinski definition) is 0. The minimum Gasteiger partial charge on any atom is -0.207 e. The number of halogens is 2. The van der Waals surface area contributed by atoms with Gasteiger partial charge in [0.2, 0.25) is 5.92 Å². The molecule has 2 heteroatoms. The average molecular weight is 296 g/mol. The highest BCUT2D eigenvalue weighted by Gasteiger charge is 2.35. The molecular formula is C20H18F2. The van der Waals surface area contributed by atoms with Crippen LogP contribution in [0.5, 0.6) is 0 Å². The molecular weight excluding hydrogens is 278 g/mol. The van der Waals surface area contributed by atoms with Gasteiger partial charge in [-0.2, -0.15) is 0 Å². The summed E-state index contributed by atoms with van der Waals surface area (Å²) in [7, 11) is 0. The van der Waals surface area contributed by atoms with E-state index < -0.39 is 5.92 Å². The highest BCUT2D eigenvalue weighted by atomic mass is 19.3. The van der Waals surface area contributed by atoms with Crippen molar-refractivity contribution in [2.75, 3.05) is 0 Å². The Kier molecular flexibility index (Phi) is 3.14. The van der Waals surface area contributed by atoms with Crippen LogP contribution in [0.1, 0.15) is 37.2 Å². The van der Waals surface area contributed by atoms with Crippen molar-refractivity contribution < 1.29 is 8.78 Å². The van der Waals surface area contributed by atoms with E-state index >= 15 is 0 Å². The van der Waals surface area contributed by atoms with Crippen molar-refractivity contribution in [2.45, 2.75) is 37.5 Å². The van der Waals surface area contributed by atoms with E-state index in [1.807, 2.05) is 12.1 Å². The van der Waals surface area contributed by atoms with Crippen molar-refractivity contribution in [3.05, 3.63) is 60.2 Å². The van der Waals surface area contributed by atoms with Crippen LogP contribution < -0.4 is 0 Å². The second-order valence-electron chi connectivity index (χ2n) is 6.40. The summed E-state index contributed by atoms with van der Waals surface area (Å²) in [6.45, 7) is 0. The average Bonchev–Trinajstić information content (AvgIpc) is 2.52. The van der Waals surface area contributed by atoms with Gasteiger partial charge in [0.05, 0.1) is 0 Å². The first-order valence-electron chi connectivity index (χ1n) is 7.92. The predicted molar refractivity (Wildman–Crippen MR) is 87.6 cm³/mol. The van der Waals surface area contributed by atoms with Crippen LogP contribution in [-0.4, -0.2) is 5.92 Å². The van der Waals surface area contributed by atoms with E-state index in [4.69, 9.17) is 0 Å². The molecule has 0 saturated heterocycles. The Labute approximate surface area is 128 Å². The molecule has 0 unspecified atom stereocenters. The minimum absolute atomic E-state index is 0.0155. The molecule has 0 amide bonds. The molecule has 1 aliphatic rings. The van der Waals surface area contributed by atoms with Gasteiger partial charge in [-0.15, -0.1) is 0 Å². The summed E-state index contributed by atoms with van der Waals surface area (Å²) in [5.41, 5.74) is 1.23. The lowest BCUT2D eigenvalue weighted by Crippen LogP contribution is -2.23. The van der Waals surface area contributed by atoms with Crippen LogP contribution >= 0.6 is 0 Å². The highest BCUT2D eigenvalue weighted by Crippen LogP contribution is 2.43. The first-order chi connectivity index (χ1) is 10.6. The Bertz CT molecular complexity index is 825.